The summed E-state index contributed by atoms with van der Waals surface area (Å²) in [4.78, 5) is 18.3. The van der Waals surface area contributed by atoms with Crippen LogP contribution in [0.15, 0.2) is 35.3 Å². The summed E-state index contributed by atoms with van der Waals surface area (Å²) in [5.41, 5.74) is 0.905. The molecule has 1 saturated heterocycles. The Morgan fingerprint density at radius 3 is 2.56 bits per heavy atom. The van der Waals surface area contributed by atoms with Crippen LogP contribution >= 0.6 is 0 Å². The lowest BCUT2D eigenvalue weighted by Gasteiger charge is -2.22. The maximum Gasteiger partial charge on any atom is 0.407 e. The normalized spacial score (nSPS) is 18.2. The van der Waals surface area contributed by atoms with Crippen LogP contribution in [0.5, 0.6) is 0 Å². The molecule has 1 aliphatic heterocycles. The van der Waals surface area contributed by atoms with Crippen LogP contribution in [-0.4, -0.2) is 55.8 Å². The minimum absolute atomic E-state index is 0.394. The molecule has 138 valence electrons. The summed E-state index contributed by atoms with van der Waals surface area (Å²) in [6.07, 6.45) is 0.732. The number of guanidine groups is 1. The predicted molar refractivity (Wildman–Crippen MR) is 101 cm³/mol. The van der Waals surface area contributed by atoms with Crippen LogP contribution in [0.1, 0.15) is 38.7 Å². The minimum atomic E-state index is -0.477. The van der Waals surface area contributed by atoms with Gasteiger partial charge in [0.1, 0.15) is 5.60 Å². The van der Waals surface area contributed by atoms with Crippen LogP contribution in [0.2, 0.25) is 0 Å². The third-order valence-electron chi connectivity index (χ3n) is 4.05. The topological polar surface area (TPSA) is 66.0 Å². The van der Waals surface area contributed by atoms with Gasteiger partial charge in [0.2, 0.25) is 0 Å². The Morgan fingerprint density at radius 2 is 1.92 bits per heavy atom. The van der Waals surface area contributed by atoms with E-state index in [0.29, 0.717) is 19.0 Å². The summed E-state index contributed by atoms with van der Waals surface area (Å²) in [7, 11) is 1.79. The van der Waals surface area contributed by atoms with Crippen molar-refractivity contribution in [2.45, 2.75) is 38.7 Å². The van der Waals surface area contributed by atoms with Crippen LogP contribution in [0.25, 0.3) is 0 Å². The SMILES string of the molecule is CN=C(NCCNC(=O)OC(C)(C)C)N1CCC(c2ccccc2)C1. The molecule has 25 heavy (non-hydrogen) atoms. The number of alkyl carbamates (subject to hydrolysis) is 1. The smallest absolute Gasteiger partial charge is 0.407 e. The third kappa shape index (κ3) is 6.29. The van der Waals surface area contributed by atoms with Crippen LogP contribution < -0.4 is 10.6 Å². The fraction of sp³-hybridized carbons (Fsp3) is 0.579. The van der Waals surface area contributed by atoms with Crippen molar-refractivity contribution in [2.24, 2.45) is 4.99 Å². The van der Waals surface area contributed by atoms with Crippen molar-refractivity contribution in [1.29, 1.82) is 0 Å². The molecule has 1 amide bonds. The molecule has 1 aromatic carbocycles. The molecule has 2 rings (SSSR count). The van der Waals surface area contributed by atoms with E-state index >= 15 is 0 Å². The number of rotatable bonds is 4. The van der Waals surface area contributed by atoms with E-state index in [-0.39, 0.29) is 0 Å². The van der Waals surface area contributed by atoms with Crippen molar-refractivity contribution in [1.82, 2.24) is 15.5 Å². The molecule has 1 atom stereocenters. The van der Waals surface area contributed by atoms with E-state index in [0.717, 1.165) is 25.5 Å². The Bertz CT molecular complexity index is 581. The highest BCUT2D eigenvalue weighted by molar-refractivity contribution is 5.80. The molecule has 6 nitrogen and oxygen atoms in total. The molecule has 1 heterocycles. The fourth-order valence-corrected chi connectivity index (χ4v) is 2.94. The predicted octanol–water partition coefficient (Wildman–Crippen LogP) is 2.58. The summed E-state index contributed by atoms with van der Waals surface area (Å²) in [5, 5.41) is 6.05. The van der Waals surface area contributed by atoms with Crippen molar-refractivity contribution in [2.75, 3.05) is 33.2 Å². The lowest BCUT2D eigenvalue weighted by atomic mass is 9.99. The van der Waals surface area contributed by atoms with Gasteiger partial charge in [-0.05, 0) is 32.8 Å². The molecular formula is C19H30N4O2. The number of nitrogens with zero attached hydrogens (tertiary/aromatic N) is 2. The molecule has 1 fully saturated rings. The molecule has 1 aliphatic rings. The van der Waals surface area contributed by atoms with Gasteiger partial charge in [0, 0.05) is 39.1 Å². The highest BCUT2D eigenvalue weighted by Gasteiger charge is 2.25. The van der Waals surface area contributed by atoms with Crippen LogP contribution in [0.3, 0.4) is 0 Å². The van der Waals surface area contributed by atoms with Gasteiger partial charge >= 0.3 is 6.09 Å². The van der Waals surface area contributed by atoms with E-state index < -0.39 is 11.7 Å². The van der Waals surface area contributed by atoms with Crippen molar-refractivity contribution in [3.8, 4) is 0 Å². The van der Waals surface area contributed by atoms with Crippen molar-refractivity contribution in [3.05, 3.63) is 35.9 Å². The zero-order valence-electron chi connectivity index (χ0n) is 15.7. The Balaban J connectivity index is 1.73. The quantitative estimate of drug-likeness (QED) is 0.500. The number of ether oxygens (including phenoxy) is 1. The second kappa shape index (κ2) is 8.74. The second-order valence-corrected chi connectivity index (χ2v) is 7.24. The standard InChI is InChI=1S/C19H30N4O2/c1-19(2,3)25-18(24)22-12-11-21-17(20-4)23-13-10-16(14-23)15-8-6-5-7-9-15/h5-9,16H,10-14H2,1-4H3,(H,20,21)(H,22,24). The van der Waals surface area contributed by atoms with E-state index in [1.165, 1.54) is 5.56 Å². The lowest BCUT2D eigenvalue weighted by molar-refractivity contribution is 0.0529. The molecule has 0 aliphatic carbocycles. The highest BCUT2D eigenvalue weighted by atomic mass is 16.6. The van der Waals surface area contributed by atoms with Gasteiger partial charge in [-0.1, -0.05) is 30.3 Å². The van der Waals surface area contributed by atoms with Gasteiger partial charge in [-0.3, -0.25) is 4.99 Å². The number of aliphatic imine (C=N–C) groups is 1. The number of amides is 1. The Labute approximate surface area is 150 Å². The number of likely N-dealkylation sites (tertiary alicyclic amines) is 1. The number of carbonyl (C=O) groups excluding carboxylic acids is 1. The minimum Gasteiger partial charge on any atom is -0.444 e. The van der Waals surface area contributed by atoms with Crippen LogP contribution in [-0.2, 0) is 4.74 Å². The first kappa shape index (κ1) is 19.1. The average molecular weight is 346 g/mol. The third-order valence-corrected chi connectivity index (χ3v) is 4.05. The maximum absolute atomic E-state index is 11.6. The lowest BCUT2D eigenvalue weighted by Crippen LogP contribution is -2.43. The van der Waals surface area contributed by atoms with Crippen LogP contribution in [0.4, 0.5) is 4.79 Å². The van der Waals surface area contributed by atoms with Gasteiger partial charge in [-0.15, -0.1) is 0 Å². The van der Waals surface area contributed by atoms with Gasteiger partial charge in [0.15, 0.2) is 5.96 Å². The Morgan fingerprint density at radius 1 is 1.24 bits per heavy atom. The van der Waals surface area contributed by atoms with E-state index in [9.17, 15) is 4.79 Å². The first-order chi connectivity index (χ1) is 11.9. The molecule has 1 aromatic rings. The summed E-state index contributed by atoms with van der Waals surface area (Å²) in [5.74, 6) is 1.42. The van der Waals surface area contributed by atoms with Crippen molar-refractivity contribution in [3.63, 3.8) is 0 Å². The number of hydrogen-bond donors (Lipinski definition) is 2. The molecule has 2 N–H and O–H groups in total. The fourth-order valence-electron chi connectivity index (χ4n) is 2.94. The number of nitrogens with one attached hydrogen (secondary N) is 2. The van der Waals surface area contributed by atoms with Crippen molar-refractivity contribution < 1.29 is 9.53 Å². The van der Waals surface area contributed by atoms with E-state index in [1.54, 1.807) is 7.05 Å². The molecule has 0 aromatic heterocycles. The number of benzene rings is 1. The second-order valence-electron chi connectivity index (χ2n) is 7.24. The van der Waals surface area contributed by atoms with Gasteiger partial charge in [0.25, 0.3) is 0 Å². The van der Waals surface area contributed by atoms with Gasteiger partial charge in [0.05, 0.1) is 0 Å². The molecule has 1 unspecified atom stereocenters. The number of hydrogen-bond acceptors (Lipinski definition) is 3. The molecule has 6 heteroatoms. The van der Waals surface area contributed by atoms with Crippen LogP contribution in [0, 0.1) is 0 Å². The Hall–Kier alpha value is -2.24. The van der Waals surface area contributed by atoms with E-state index in [1.807, 2.05) is 26.8 Å². The average Bonchev–Trinajstić information content (AvgIpc) is 3.04. The first-order valence-electron chi connectivity index (χ1n) is 8.86. The van der Waals surface area contributed by atoms with E-state index in [2.05, 4.69) is 44.8 Å². The highest BCUT2D eigenvalue weighted by Crippen LogP contribution is 2.26. The monoisotopic (exact) mass is 346 g/mol. The molecule has 0 bridgehead atoms. The van der Waals surface area contributed by atoms with E-state index in [4.69, 9.17) is 4.74 Å². The molecule has 0 spiro atoms. The molecule has 0 radical (unpaired) electrons. The van der Waals surface area contributed by atoms with Crippen molar-refractivity contribution >= 4 is 12.1 Å². The number of carbonyl (C=O) groups is 1. The molecular weight excluding hydrogens is 316 g/mol. The first-order valence-corrected chi connectivity index (χ1v) is 8.86. The zero-order valence-corrected chi connectivity index (χ0v) is 15.7. The summed E-state index contributed by atoms with van der Waals surface area (Å²) in [6, 6.07) is 10.6. The molecule has 0 saturated carbocycles. The zero-order chi connectivity index (χ0) is 18.3. The van der Waals surface area contributed by atoms with Gasteiger partial charge in [-0.25, -0.2) is 4.79 Å². The van der Waals surface area contributed by atoms with Gasteiger partial charge in [-0.2, -0.15) is 0 Å². The summed E-state index contributed by atoms with van der Waals surface area (Å²) in [6.45, 7) is 8.60. The maximum atomic E-state index is 11.6. The summed E-state index contributed by atoms with van der Waals surface area (Å²) >= 11 is 0. The summed E-state index contributed by atoms with van der Waals surface area (Å²) < 4.78 is 5.22. The van der Waals surface area contributed by atoms with Gasteiger partial charge < -0.3 is 20.3 Å². The largest absolute Gasteiger partial charge is 0.444 e. The Kier molecular flexibility index (Phi) is 6.67.